The number of ether oxygens (including phenoxy) is 2. The highest BCUT2D eigenvalue weighted by Gasteiger charge is 2.30. The lowest BCUT2D eigenvalue weighted by molar-refractivity contribution is -0.141. The number of esters is 2. The molecule has 5 nitrogen and oxygen atoms in total. The summed E-state index contributed by atoms with van der Waals surface area (Å²) in [4.78, 5) is 34.6. The number of hydrogen-bond donors (Lipinski definition) is 0. The molecule has 0 heterocycles. The maximum Gasteiger partial charge on any atom is 0.341 e. The second-order valence-corrected chi connectivity index (χ2v) is 4.33. The number of allylic oxidation sites excluding steroid dienone is 1. The van der Waals surface area contributed by atoms with Gasteiger partial charge in [0, 0.05) is 12.8 Å². The smallest absolute Gasteiger partial charge is 0.341 e. The fourth-order valence-electron chi connectivity index (χ4n) is 2.13. The topological polar surface area (TPSA) is 69.7 Å². The zero-order chi connectivity index (χ0) is 13.7. The van der Waals surface area contributed by atoms with Gasteiger partial charge in [-0.25, -0.2) is 4.79 Å². The summed E-state index contributed by atoms with van der Waals surface area (Å²) < 4.78 is 9.20. The molecule has 0 aliphatic heterocycles. The number of hydrogen-bond acceptors (Lipinski definition) is 5. The van der Waals surface area contributed by atoms with E-state index in [1.165, 1.54) is 14.2 Å². The quantitative estimate of drug-likeness (QED) is 0.560. The van der Waals surface area contributed by atoms with E-state index in [4.69, 9.17) is 0 Å². The minimum atomic E-state index is -0.605. The second-order valence-electron chi connectivity index (χ2n) is 4.33. The van der Waals surface area contributed by atoms with Crippen molar-refractivity contribution in [1.82, 2.24) is 0 Å². The summed E-state index contributed by atoms with van der Waals surface area (Å²) in [5.74, 6) is -1.04. The standard InChI is InChI=1S/C13H18O5/c1-8-4-6-10(14)12(13(16)18-3)9(8)5-7-11(15)17-2/h8H,4-7H2,1-3H3. The summed E-state index contributed by atoms with van der Waals surface area (Å²) in [5.41, 5.74) is 0.837. The van der Waals surface area contributed by atoms with Crippen LogP contribution >= 0.6 is 0 Å². The Morgan fingerprint density at radius 2 is 1.94 bits per heavy atom. The number of ketones is 1. The molecule has 1 rings (SSSR count). The molecule has 0 saturated carbocycles. The van der Waals surface area contributed by atoms with Gasteiger partial charge in [0.25, 0.3) is 0 Å². The normalized spacial score (nSPS) is 19.7. The van der Waals surface area contributed by atoms with E-state index in [9.17, 15) is 14.4 Å². The molecule has 18 heavy (non-hydrogen) atoms. The first-order valence-corrected chi connectivity index (χ1v) is 5.92. The highest BCUT2D eigenvalue weighted by atomic mass is 16.5. The predicted molar refractivity (Wildman–Crippen MR) is 63.7 cm³/mol. The number of rotatable bonds is 4. The van der Waals surface area contributed by atoms with Crippen LogP contribution in [0.3, 0.4) is 0 Å². The molecule has 0 aromatic rings. The van der Waals surface area contributed by atoms with Crippen molar-refractivity contribution >= 4 is 17.7 Å². The van der Waals surface area contributed by atoms with E-state index < -0.39 is 5.97 Å². The number of Topliss-reactive ketones (excluding diaryl/α,β-unsaturated/α-hetero) is 1. The first kappa shape index (κ1) is 14.4. The molecule has 0 aromatic carbocycles. The molecule has 1 atom stereocenters. The average molecular weight is 254 g/mol. The lowest BCUT2D eigenvalue weighted by Crippen LogP contribution is -2.24. The SMILES string of the molecule is COC(=O)CCC1=C(C(=O)OC)C(=O)CCC1C. The predicted octanol–water partition coefficient (Wildman–Crippen LogP) is 1.41. The monoisotopic (exact) mass is 254 g/mol. The number of carbonyl (C=O) groups is 3. The Labute approximate surface area is 106 Å². The highest BCUT2D eigenvalue weighted by Crippen LogP contribution is 2.31. The van der Waals surface area contributed by atoms with E-state index in [0.717, 1.165) is 0 Å². The second kappa shape index (κ2) is 6.33. The van der Waals surface area contributed by atoms with E-state index >= 15 is 0 Å². The van der Waals surface area contributed by atoms with E-state index in [-0.39, 0.29) is 29.7 Å². The van der Waals surface area contributed by atoms with Crippen LogP contribution in [0.4, 0.5) is 0 Å². The summed E-state index contributed by atoms with van der Waals surface area (Å²) in [5, 5.41) is 0. The Hall–Kier alpha value is -1.65. The summed E-state index contributed by atoms with van der Waals surface area (Å²) in [7, 11) is 2.56. The largest absolute Gasteiger partial charge is 0.469 e. The van der Waals surface area contributed by atoms with E-state index in [2.05, 4.69) is 9.47 Å². The van der Waals surface area contributed by atoms with Crippen LogP contribution in [0, 0.1) is 5.92 Å². The van der Waals surface area contributed by atoms with Crippen molar-refractivity contribution in [1.29, 1.82) is 0 Å². The molecule has 0 aromatic heterocycles. The first-order valence-electron chi connectivity index (χ1n) is 5.92. The zero-order valence-corrected chi connectivity index (χ0v) is 10.9. The molecule has 0 amide bonds. The summed E-state index contributed by atoms with van der Waals surface area (Å²) in [6.07, 6.45) is 1.59. The zero-order valence-electron chi connectivity index (χ0n) is 10.9. The van der Waals surface area contributed by atoms with E-state index in [1.54, 1.807) is 0 Å². The van der Waals surface area contributed by atoms with Gasteiger partial charge in [0.1, 0.15) is 5.57 Å². The van der Waals surface area contributed by atoms with Gasteiger partial charge < -0.3 is 9.47 Å². The third-order valence-corrected chi connectivity index (χ3v) is 3.21. The van der Waals surface area contributed by atoms with Gasteiger partial charge in [-0.3, -0.25) is 9.59 Å². The van der Waals surface area contributed by atoms with Crippen LogP contribution in [0.1, 0.15) is 32.6 Å². The minimum absolute atomic E-state index is 0.112. The Bertz CT molecular complexity index is 394. The molecule has 0 saturated heterocycles. The van der Waals surface area contributed by atoms with Gasteiger partial charge in [0.2, 0.25) is 0 Å². The van der Waals surface area contributed by atoms with Crippen LogP contribution in [0.5, 0.6) is 0 Å². The van der Waals surface area contributed by atoms with Gasteiger partial charge >= 0.3 is 11.9 Å². The van der Waals surface area contributed by atoms with Gasteiger partial charge in [0.05, 0.1) is 14.2 Å². The third kappa shape index (κ3) is 3.18. The van der Waals surface area contributed by atoms with Gasteiger partial charge in [-0.15, -0.1) is 0 Å². The van der Waals surface area contributed by atoms with Crippen molar-refractivity contribution in [3.05, 3.63) is 11.1 Å². The lowest BCUT2D eigenvalue weighted by atomic mass is 9.81. The van der Waals surface area contributed by atoms with Crippen LogP contribution in [0.15, 0.2) is 11.1 Å². The van der Waals surface area contributed by atoms with Crippen molar-refractivity contribution in [2.24, 2.45) is 5.92 Å². The molecule has 5 heteroatoms. The molecular weight excluding hydrogens is 236 g/mol. The molecule has 0 bridgehead atoms. The van der Waals surface area contributed by atoms with Gasteiger partial charge in [0.15, 0.2) is 5.78 Å². The minimum Gasteiger partial charge on any atom is -0.469 e. The summed E-state index contributed by atoms with van der Waals surface area (Å²) in [6.45, 7) is 1.95. The van der Waals surface area contributed by atoms with Crippen LogP contribution in [-0.2, 0) is 23.9 Å². The summed E-state index contributed by atoms with van der Waals surface area (Å²) >= 11 is 0. The van der Waals surface area contributed by atoms with Gasteiger partial charge in [-0.05, 0) is 24.3 Å². The van der Waals surface area contributed by atoms with Crippen molar-refractivity contribution in [3.8, 4) is 0 Å². The highest BCUT2D eigenvalue weighted by molar-refractivity contribution is 6.18. The number of carbonyl (C=O) groups excluding carboxylic acids is 3. The molecule has 1 unspecified atom stereocenters. The molecule has 0 fully saturated rings. The molecule has 0 N–H and O–H groups in total. The Kier molecular flexibility index (Phi) is 5.07. The van der Waals surface area contributed by atoms with E-state index in [0.29, 0.717) is 24.8 Å². The van der Waals surface area contributed by atoms with Crippen LogP contribution in [0.2, 0.25) is 0 Å². The first-order chi connectivity index (χ1) is 8.51. The van der Waals surface area contributed by atoms with Crippen molar-refractivity contribution in [2.75, 3.05) is 14.2 Å². The molecule has 100 valence electrons. The Morgan fingerprint density at radius 3 is 2.50 bits per heavy atom. The van der Waals surface area contributed by atoms with E-state index in [1.807, 2.05) is 6.92 Å². The van der Waals surface area contributed by atoms with Gasteiger partial charge in [-0.2, -0.15) is 0 Å². The lowest BCUT2D eigenvalue weighted by Gasteiger charge is -2.23. The fourth-order valence-corrected chi connectivity index (χ4v) is 2.13. The molecular formula is C13H18O5. The Morgan fingerprint density at radius 1 is 1.28 bits per heavy atom. The fraction of sp³-hybridized carbons (Fsp3) is 0.615. The molecule has 0 spiro atoms. The van der Waals surface area contributed by atoms with Crippen molar-refractivity contribution < 1.29 is 23.9 Å². The number of methoxy groups -OCH3 is 2. The molecule has 1 aliphatic rings. The van der Waals surface area contributed by atoms with Crippen LogP contribution in [-0.4, -0.2) is 31.9 Å². The van der Waals surface area contributed by atoms with Crippen LogP contribution in [0.25, 0.3) is 0 Å². The maximum absolute atomic E-state index is 11.8. The van der Waals surface area contributed by atoms with Crippen LogP contribution < -0.4 is 0 Å². The maximum atomic E-state index is 11.8. The Balaban J connectivity index is 2.98. The molecule has 0 radical (unpaired) electrons. The van der Waals surface area contributed by atoms with Gasteiger partial charge in [-0.1, -0.05) is 6.92 Å². The van der Waals surface area contributed by atoms with Crippen molar-refractivity contribution in [2.45, 2.75) is 32.6 Å². The molecule has 1 aliphatic carbocycles. The average Bonchev–Trinajstić information content (AvgIpc) is 2.38. The third-order valence-electron chi connectivity index (χ3n) is 3.21. The summed E-state index contributed by atoms with van der Waals surface area (Å²) in [6, 6.07) is 0. The van der Waals surface area contributed by atoms with Crippen molar-refractivity contribution in [3.63, 3.8) is 0 Å².